The van der Waals surface area contributed by atoms with E-state index in [4.69, 9.17) is 0 Å². The van der Waals surface area contributed by atoms with E-state index in [-0.39, 0.29) is 5.82 Å². The summed E-state index contributed by atoms with van der Waals surface area (Å²) in [5, 5.41) is 3.91. The van der Waals surface area contributed by atoms with Crippen molar-refractivity contribution in [2.24, 2.45) is 0 Å². The first-order valence-electron chi connectivity index (χ1n) is 3.71. The molecule has 0 aliphatic rings. The fourth-order valence-electron chi connectivity index (χ4n) is 1.01. The maximum atomic E-state index is 11.0. The van der Waals surface area contributed by atoms with Crippen LogP contribution >= 0.6 is 0 Å². The van der Waals surface area contributed by atoms with Gasteiger partial charge in [0.05, 0.1) is 7.11 Å². The smallest absolute Gasteiger partial charge is 0.377 e. The number of methoxy groups -OCH3 is 1. The van der Waals surface area contributed by atoms with Crippen LogP contribution in [0, 0.1) is 0 Å². The average Bonchev–Trinajstić information content (AvgIpc) is 2.59. The molecule has 0 amide bonds. The van der Waals surface area contributed by atoms with Crippen molar-refractivity contribution in [2.45, 2.75) is 0 Å². The van der Waals surface area contributed by atoms with Crippen molar-refractivity contribution in [3.63, 3.8) is 0 Å². The van der Waals surface area contributed by atoms with E-state index in [0.29, 0.717) is 5.65 Å². The minimum Gasteiger partial charge on any atom is -0.463 e. The lowest BCUT2D eigenvalue weighted by molar-refractivity contribution is 0.0587. The zero-order valence-corrected chi connectivity index (χ0v) is 6.97. The number of esters is 1. The van der Waals surface area contributed by atoms with E-state index in [0.717, 1.165) is 0 Å². The predicted octanol–water partition coefficient (Wildman–Crippen LogP) is 0.516. The van der Waals surface area contributed by atoms with E-state index >= 15 is 0 Å². The molecule has 0 saturated carbocycles. The number of carbonyl (C=O) groups is 1. The fourth-order valence-corrected chi connectivity index (χ4v) is 1.01. The Kier molecular flexibility index (Phi) is 1.70. The molecule has 2 aromatic heterocycles. The highest BCUT2D eigenvalue weighted by Gasteiger charge is 2.11. The molecule has 0 spiro atoms. The molecule has 66 valence electrons. The number of hydrogen-bond donors (Lipinski definition) is 0. The molecule has 0 saturated heterocycles. The van der Waals surface area contributed by atoms with Crippen molar-refractivity contribution in [1.82, 2.24) is 14.6 Å². The Bertz CT molecular complexity index is 416. The third-order valence-electron chi connectivity index (χ3n) is 1.61. The highest BCUT2D eigenvalue weighted by molar-refractivity contribution is 5.85. The summed E-state index contributed by atoms with van der Waals surface area (Å²) in [6.45, 7) is 0. The molecule has 13 heavy (non-hydrogen) atoms. The molecular formula is C8H7N3O2. The Morgan fingerprint density at radius 2 is 2.38 bits per heavy atom. The second kappa shape index (κ2) is 2.85. The summed E-state index contributed by atoms with van der Waals surface area (Å²) in [6, 6.07) is 5.40. The van der Waals surface area contributed by atoms with E-state index in [1.54, 1.807) is 12.3 Å². The Labute approximate surface area is 74.0 Å². The van der Waals surface area contributed by atoms with Gasteiger partial charge in [-0.1, -0.05) is 6.07 Å². The molecule has 5 heteroatoms. The predicted molar refractivity (Wildman–Crippen MR) is 44.3 cm³/mol. The van der Waals surface area contributed by atoms with Gasteiger partial charge in [0.15, 0.2) is 5.65 Å². The number of aromatic nitrogens is 3. The van der Waals surface area contributed by atoms with Gasteiger partial charge >= 0.3 is 5.97 Å². The van der Waals surface area contributed by atoms with Crippen LogP contribution in [0.2, 0.25) is 0 Å². The zero-order chi connectivity index (χ0) is 9.26. The molecule has 2 rings (SSSR count). The maximum Gasteiger partial charge on any atom is 0.377 e. The molecule has 0 aliphatic carbocycles. The van der Waals surface area contributed by atoms with Crippen LogP contribution in [0.4, 0.5) is 0 Å². The highest BCUT2D eigenvalue weighted by Crippen LogP contribution is 2.00. The molecule has 0 unspecified atom stereocenters. The number of rotatable bonds is 1. The first kappa shape index (κ1) is 7.72. The van der Waals surface area contributed by atoms with Gasteiger partial charge < -0.3 is 4.74 Å². The number of hydrogen-bond acceptors (Lipinski definition) is 4. The number of pyridine rings is 1. The van der Waals surface area contributed by atoms with E-state index in [9.17, 15) is 4.79 Å². The normalized spacial score (nSPS) is 10.2. The molecule has 0 atom stereocenters. The van der Waals surface area contributed by atoms with E-state index in [1.165, 1.54) is 11.6 Å². The van der Waals surface area contributed by atoms with Crippen molar-refractivity contribution in [2.75, 3.05) is 7.11 Å². The molecule has 0 radical (unpaired) electrons. The molecule has 0 N–H and O–H groups in total. The minimum absolute atomic E-state index is 0.0775. The first-order valence-corrected chi connectivity index (χ1v) is 3.71. The molecule has 5 nitrogen and oxygen atoms in total. The average molecular weight is 177 g/mol. The topological polar surface area (TPSA) is 56.5 Å². The monoisotopic (exact) mass is 177 g/mol. The quantitative estimate of drug-likeness (QED) is 0.596. The number of fused-ring (bicyclic) bond motifs is 1. The van der Waals surface area contributed by atoms with Crippen LogP contribution in [0.15, 0.2) is 24.4 Å². The van der Waals surface area contributed by atoms with Gasteiger partial charge in [0.1, 0.15) is 0 Å². The molecule has 2 heterocycles. The third kappa shape index (κ3) is 1.24. The molecule has 0 fully saturated rings. The largest absolute Gasteiger partial charge is 0.463 e. The van der Waals surface area contributed by atoms with Crippen molar-refractivity contribution in [3.8, 4) is 0 Å². The third-order valence-corrected chi connectivity index (χ3v) is 1.61. The summed E-state index contributed by atoms with van der Waals surface area (Å²) in [5.41, 5.74) is 0.628. The Morgan fingerprint density at radius 1 is 1.54 bits per heavy atom. The lowest BCUT2D eigenvalue weighted by Gasteiger charge is -1.88. The summed E-state index contributed by atoms with van der Waals surface area (Å²) < 4.78 is 6.01. The van der Waals surface area contributed by atoms with Gasteiger partial charge in [-0.3, -0.25) is 0 Å². The highest BCUT2D eigenvalue weighted by atomic mass is 16.5. The van der Waals surface area contributed by atoms with Crippen LogP contribution in [0.25, 0.3) is 5.65 Å². The van der Waals surface area contributed by atoms with Crippen LogP contribution in [0.5, 0.6) is 0 Å². The second-order valence-corrected chi connectivity index (χ2v) is 2.43. The van der Waals surface area contributed by atoms with Gasteiger partial charge in [0.2, 0.25) is 0 Å². The Hall–Kier alpha value is -1.91. The Balaban J connectivity index is 2.56. The number of nitrogens with zero attached hydrogens (tertiary/aromatic N) is 3. The summed E-state index contributed by atoms with van der Waals surface area (Å²) >= 11 is 0. The van der Waals surface area contributed by atoms with Crippen LogP contribution < -0.4 is 0 Å². The van der Waals surface area contributed by atoms with Gasteiger partial charge in [-0.05, 0) is 12.1 Å². The van der Waals surface area contributed by atoms with Crippen molar-refractivity contribution in [1.29, 1.82) is 0 Å². The van der Waals surface area contributed by atoms with Crippen molar-refractivity contribution in [3.05, 3.63) is 30.2 Å². The minimum atomic E-state index is -0.524. The van der Waals surface area contributed by atoms with E-state index < -0.39 is 5.97 Å². The molecule has 0 bridgehead atoms. The summed E-state index contributed by atoms with van der Waals surface area (Å²) in [5.74, 6) is -0.447. The second-order valence-electron chi connectivity index (χ2n) is 2.43. The van der Waals surface area contributed by atoms with E-state index in [2.05, 4.69) is 14.8 Å². The lowest BCUT2D eigenvalue weighted by Crippen LogP contribution is -2.03. The summed E-state index contributed by atoms with van der Waals surface area (Å²) in [6.07, 6.45) is 1.72. The van der Waals surface area contributed by atoms with Gasteiger partial charge in [-0.15, -0.1) is 5.10 Å². The van der Waals surface area contributed by atoms with Crippen LogP contribution in [0.3, 0.4) is 0 Å². The lowest BCUT2D eigenvalue weighted by atomic mass is 10.5. The van der Waals surface area contributed by atoms with Gasteiger partial charge in [-0.2, -0.15) is 0 Å². The van der Waals surface area contributed by atoms with Crippen LogP contribution in [-0.2, 0) is 4.74 Å². The Morgan fingerprint density at radius 3 is 3.08 bits per heavy atom. The fraction of sp³-hybridized carbons (Fsp3) is 0.125. The van der Waals surface area contributed by atoms with Gasteiger partial charge in [0.25, 0.3) is 5.82 Å². The van der Waals surface area contributed by atoms with Crippen LogP contribution in [0.1, 0.15) is 10.6 Å². The number of carbonyl (C=O) groups excluding carboxylic acids is 1. The van der Waals surface area contributed by atoms with Crippen LogP contribution in [-0.4, -0.2) is 27.7 Å². The maximum absolute atomic E-state index is 11.0. The molecule has 2 aromatic rings. The standard InChI is InChI=1S/C8H7N3O2/c1-13-8(12)7-9-6-4-2-3-5-11(6)10-7/h2-5H,1H3. The van der Waals surface area contributed by atoms with E-state index in [1.807, 2.05) is 12.1 Å². The molecule has 0 aliphatic heterocycles. The summed E-state index contributed by atoms with van der Waals surface area (Å²) in [7, 11) is 1.30. The number of ether oxygens (including phenoxy) is 1. The van der Waals surface area contributed by atoms with Crippen molar-refractivity contribution < 1.29 is 9.53 Å². The first-order chi connectivity index (χ1) is 6.31. The molecular weight excluding hydrogens is 170 g/mol. The SMILES string of the molecule is COC(=O)c1nc2ccccn2n1. The zero-order valence-electron chi connectivity index (χ0n) is 6.97. The molecule has 0 aromatic carbocycles. The van der Waals surface area contributed by atoms with Gasteiger partial charge in [0, 0.05) is 6.20 Å². The van der Waals surface area contributed by atoms with Gasteiger partial charge in [-0.25, -0.2) is 14.3 Å². The summed E-state index contributed by atoms with van der Waals surface area (Å²) in [4.78, 5) is 15.0. The van der Waals surface area contributed by atoms with Crippen molar-refractivity contribution >= 4 is 11.6 Å².